The molecule has 66 valence electrons. The van der Waals surface area contributed by atoms with Crippen molar-refractivity contribution in [3.05, 3.63) is 36.0 Å². The number of hydrogen-bond donors (Lipinski definition) is 1. The summed E-state index contributed by atoms with van der Waals surface area (Å²) in [5, 5.41) is 9.09. The molecule has 2 rings (SSSR count). The van der Waals surface area contributed by atoms with Gasteiger partial charge in [-0.2, -0.15) is 10.2 Å². The zero-order valence-corrected chi connectivity index (χ0v) is 7.27. The van der Waals surface area contributed by atoms with Crippen LogP contribution in [0.2, 0.25) is 0 Å². The van der Waals surface area contributed by atoms with Crippen molar-refractivity contribution in [1.29, 1.82) is 0 Å². The van der Waals surface area contributed by atoms with E-state index >= 15 is 0 Å². The quantitative estimate of drug-likeness (QED) is 0.740. The minimum absolute atomic E-state index is 0.648. The number of fused-ring (bicyclic) bond motifs is 1. The monoisotopic (exact) mass is 173 g/mol. The summed E-state index contributed by atoms with van der Waals surface area (Å²) in [4.78, 5) is 0. The van der Waals surface area contributed by atoms with Gasteiger partial charge in [-0.1, -0.05) is 18.2 Å². The zero-order valence-electron chi connectivity index (χ0n) is 7.27. The molecule has 2 N–H and O–H groups in total. The molecule has 0 spiro atoms. The summed E-state index contributed by atoms with van der Waals surface area (Å²) in [6.07, 6.45) is 2.56. The van der Waals surface area contributed by atoms with E-state index in [4.69, 9.17) is 5.73 Å². The van der Waals surface area contributed by atoms with Crippen LogP contribution in [-0.2, 0) is 6.42 Å². The van der Waals surface area contributed by atoms with E-state index in [0.717, 1.165) is 17.3 Å². The molecule has 0 saturated carbocycles. The Balaban J connectivity index is 2.61. The summed E-state index contributed by atoms with van der Waals surface area (Å²) < 4.78 is 0. The second-order valence-electron chi connectivity index (χ2n) is 2.92. The Kier molecular flexibility index (Phi) is 2.19. The molecular weight excluding hydrogens is 162 g/mol. The van der Waals surface area contributed by atoms with Gasteiger partial charge in [-0.3, -0.25) is 0 Å². The Labute approximate surface area is 76.6 Å². The van der Waals surface area contributed by atoms with E-state index in [9.17, 15) is 0 Å². The molecule has 13 heavy (non-hydrogen) atoms. The topological polar surface area (TPSA) is 51.8 Å². The van der Waals surface area contributed by atoms with Crippen LogP contribution in [0, 0.1) is 0 Å². The summed E-state index contributed by atoms with van der Waals surface area (Å²) >= 11 is 0. The van der Waals surface area contributed by atoms with Gasteiger partial charge in [0.15, 0.2) is 0 Å². The fourth-order valence-electron chi connectivity index (χ4n) is 1.43. The first-order valence-electron chi connectivity index (χ1n) is 4.31. The van der Waals surface area contributed by atoms with Crippen LogP contribution in [0.15, 0.2) is 30.5 Å². The molecule has 0 atom stereocenters. The van der Waals surface area contributed by atoms with Crippen molar-refractivity contribution in [3.8, 4) is 0 Å². The molecule has 0 radical (unpaired) electrons. The van der Waals surface area contributed by atoms with E-state index in [2.05, 4.69) is 10.2 Å². The van der Waals surface area contributed by atoms with Crippen LogP contribution in [0.4, 0.5) is 0 Å². The molecule has 3 heteroatoms. The molecule has 0 amide bonds. The number of rotatable bonds is 2. The first kappa shape index (κ1) is 8.13. The van der Waals surface area contributed by atoms with Crippen molar-refractivity contribution in [3.63, 3.8) is 0 Å². The van der Waals surface area contributed by atoms with E-state index in [1.165, 1.54) is 5.56 Å². The van der Waals surface area contributed by atoms with Gasteiger partial charge in [0.1, 0.15) is 0 Å². The lowest BCUT2D eigenvalue weighted by molar-refractivity contribution is 0.963. The highest BCUT2D eigenvalue weighted by Crippen LogP contribution is 2.14. The first-order chi connectivity index (χ1) is 6.42. The zero-order chi connectivity index (χ0) is 9.10. The van der Waals surface area contributed by atoms with Gasteiger partial charge in [-0.05, 0) is 24.6 Å². The van der Waals surface area contributed by atoms with Crippen molar-refractivity contribution < 1.29 is 0 Å². The van der Waals surface area contributed by atoms with Crippen LogP contribution in [0.25, 0.3) is 10.9 Å². The highest BCUT2D eigenvalue weighted by Gasteiger charge is 1.99. The molecule has 1 aromatic heterocycles. The maximum absolute atomic E-state index is 5.50. The maximum Gasteiger partial charge on any atom is 0.0962 e. The Bertz CT molecular complexity index is 406. The van der Waals surface area contributed by atoms with Crippen LogP contribution < -0.4 is 5.73 Å². The van der Waals surface area contributed by atoms with E-state index < -0.39 is 0 Å². The van der Waals surface area contributed by atoms with Gasteiger partial charge in [-0.25, -0.2) is 0 Å². The van der Waals surface area contributed by atoms with Crippen LogP contribution >= 0.6 is 0 Å². The summed E-state index contributed by atoms with van der Waals surface area (Å²) in [7, 11) is 0. The highest BCUT2D eigenvalue weighted by atomic mass is 15.1. The molecule has 0 saturated heterocycles. The summed E-state index contributed by atoms with van der Waals surface area (Å²) in [5.74, 6) is 0. The molecule has 0 aliphatic rings. The molecule has 2 aromatic rings. The Morgan fingerprint density at radius 2 is 2.15 bits per heavy atom. The second kappa shape index (κ2) is 3.49. The molecular formula is C10H11N3. The Hall–Kier alpha value is -1.48. The molecule has 0 aliphatic heterocycles. The minimum Gasteiger partial charge on any atom is -0.330 e. The first-order valence-corrected chi connectivity index (χ1v) is 4.31. The van der Waals surface area contributed by atoms with Crippen molar-refractivity contribution in [2.45, 2.75) is 6.42 Å². The van der Waals surface area contributed by atoms with Crippen molar-refractivity contribution in [2.75, 3.05) is 6.54 Å². The fourth-order valence-corrected chi connectivity index (χ4v) is 1.43. The van der Waals surface area contributed by atoms with Crippen LogP contribution in [0.5, 0.6) is 0 Å². The van der Waals surface area contributed by atoms with Gasteiger partial charge in [-0.15, -0.1) is 0 Å². The van der Waals surface area contributed by atoms with Gasteiger partial charge >= 0.3 is 0 Å². The van der Waals surface area contributed by atoms with Crippen molar-refractivity contribution in [1.82, 2.24) is 10.2 Å². The third-order valence-electron chi connectivity index (χ3n) is 2.04. The normalized spacial score (nSPS) is 10.5. The molecule has 1 heterocycles. The van der Waals surface area contributed by atoms with Crippen LogP contribution in [-0.4, -0.2) is 16.7 Å². The fraction of sp³-hybridized carbons (Fsp3) is 0.200. The lowest BCUT2D eigenvalue weighted by Gasteiger charge is -2.01. The summed E-state index contributed by atoms with van der Waals surface area (Å²) in [5.41, 5.74) is 7.65. The smallest absolute Gasteiger partial charge is 0.0962 e. The predicted octanol–water partition coefficient (Wildman–Crippen LogP) is 1.13. The van der Waals surface area contributed by atoms with Gasteiger partial charge in [0.05, 0.1) is 11.7 Å². The minimum atomic E-state index is 0.648. The number of benzene rings is 1. The lowest BCUT2D eigenvalue weighted by atomic mass is 10.1. The summed E-state index contributed by atoms with van der Waals surface area (Å²) in [6, 6.07) is 8.06. The number of nitrogens with two attached hydrogens (primary N) is 1. The van der Waals surface area contributed by atoms with Gasteiger partial charge in [0.25, 0.3) is 0 Å². The largest absolute Gasteiger partial charge is 0.330 e. The molecule has 0 bridgehead atoms. The predicted molar refractivity (Wildman–Crippen MR) is 52.3 cm³/mol. The molecule has 0 unspecified atom stereocenters. The van der Waals surface area contributed by atoms with Crippen molar-refractivity contribution >= 4 is 10.9 Å². The Morgan fingerprint density at radius 3 is 3.00 bits per heavy atom. The molecule has 3 nitrogen and oxygen atoms in total. The van der Waals surface area contributed by atoms with Gasteiger partial charge in [0.2, 0.25) is 0 Å². The summed E-state index contributed by atoms with van der Waals surface area (Å²) in [6.45, 7) is 0.648. The molecule has 1 aromatic carbocycles. The number of nitrogens with zero attached hydrogens (tertiary/aromatic N) is 2. The number of hydrogen-bond acceptors (Lipinski definition) is 3. The lowest BCUT2D eigenvalue weighted by Crippen LogP contribution is -2.03. The molecule has 0 aliphatic carbocycles. The van der Waals surface area contributed by atoms with E-state index in [1.807, 2.05) is 24.3 Å². The van der Waals surface area contributed by atoms with Crippen molar-refractivity contribution in [2.24, 2.45) is 5.73 Å². The maximum atomic E-state index is 5.50. The average molecular weight is 173 g/mol. The van der Waals surface area contributed by atoms with Gasteiger partial charge < -0.3 is 5.73 Å². The van der Waals surface area contributed by atoms with Gasteiger partial charge in [0, 0.05) is 5.39 Å². The van der Waals surface area contributed by atoms with E-state index in [1.54, 1.807) is 6.20 Å². The SMILES string of the molecule is NCCc1cccc2ccnnc12. The molecule has 0 fully saturated rings. The standard InChI is InChI=1S/C10H11N3/c11-6-4-8-2-1-3-9-5-7-12-13-10(8)9/h1-3,5,7H,4,6,11H2. The van der Waals surface area contributed by atoms with Crippen LogP contribution in [0.3, 0.4) is 0 Å². The second-order valence-corrected chi connectivity index (χ2v) is 2.92. The Morgan fingerprint density at radius 1 is 1.23 bits per heavy atom. The van der Waals surface area contributed by atoms with E-state index in [0.29, 0.717) is 6.54 Å². The highest BCUT2D eigenvalue weighted by molar-refractivity contribution is 5.80. The van der Waals surface area contributed by atoms with E-state index in [-0.39, 0.29) is 0 Å². The van der Waals surface area contributed by atoms with Crippen LogP contribution in [0.1, 0.15) is 5.56 Å². The third kappa shape index (κ3) is 1.51. The number of aromatic nitrogens is 2. The third-order valence-corrected chi connectivity index (χ3v) is 2.04. The average Bonchev–Trinajstić information content (AvgIpc) is 2.19.